The van der Waals surface area contributed by atoms with Crippen molar-refractivity contribution in [2.24, 2.45) is 5.92 Å². The third kappa shape index (κ3) is 1.68. The number of benzene rings is 1. The van der Waals surface area contributed by atoms with E-state index < -0.39 is 5.97 Å². The summed E-state index contributed by atoms with van der Waals surface area (Å²) in [5.41, 5.74) is 1.63. The van der Waals surface area contributed by atoms with E-state index in [1.807, 2.05) is 6.07 Å². The fourth-order valence-electron chi connectivity index (χ4n) is 3.80. The number of esters is 1. The lowest BCUT2D eigenvalue weighted by atomic mass is 9.42. The van der Waals surface area contributed by atoms with Gasteiger partial charge in [-0.05, 0) is 54.4 Å². The van der Waals surface area contributed by atoms with Crippen LogP contribution in [0.5, 0.6) is 5.88 Å². The number of fused-ring (bicyclic) bond motifs is 1. The molecule has 1 heterocycles. The zero-order chi connectivity index (χ0) is 15.5. The Hall–Kier alpha value is -2.17. The minimum absolute atomic E-state index is 0.0267. The van der Waals surface area contributed by atoms with E-state index in [2.05, 4.69) is 4.98 Å². The van der Waals surface area contributed by atoms with Crippen LogP contribution in [0.3, 0.4) is 0 Å². The normalized spacial score (nSPS) is 25.3. The zero-order valence-corrected chi connectivity index (χ0v) is 12.5. The number of pyridine rings is 1. The first-order valence-electron chi connectivity index (χ1n) is 7.33. The van der Waals surface area contributed by atoms with Crippen LogP contribution in [0.25, 0.3) is 10.9 Å². The second-order valence-corrected chi connectivity index (χ2v) is 6.32. The van der Waals surface area contributed by atoms with Crippen molar-refractivity contribution in [3.8, 4) is 5.88 Å². The van der Waals surface area contributed by atoms with E-state index in [1.54, 1.807) is 6.07 Å². The summed E-state index contributed by atoms with van der Waals surface area (Å²) in [5, 5.41) is 0.578. The summed E-state index contributed by atoms with van der Waals surface area (Å²) in [4.78, 5) is 16.1. The first-order chi connectivity index (χ1) is 10.6. The minimum Gasteiger partial charge on any atom is -0.480 e. The topological polar surface area (TPSA) is 48.4 Å². The van der Waals surface area contributed by atoms with Gasteiger partial charge in [0, 0.05) is 5.39 Å². The number of nitrogens with zero attached hydrogens (tertiary/aromatic N) is 1. The smallest absolute Gasteiger partial charge is 0.343 e. The molecule has 3 aliphatic rings. The van der Waals surface area contributed by atoms with Crippen molar-refractivity contribution < 1.29 is 18.7 Å². The highest BCUT2D eigenvalue weighted by atomic mass is 19.1. The quantitative estimate of drug-likeness (QED) is 0.817. The van der Waals surface area contributed by atoms with Crippen LogP contribution in [0.1, 0.15) is 35.2 Å². The molecule has 0 amide bonds. The van der Waals surface area contributed by atoms with Gasteiger partial charge in [-0.15, -0.1) is 0 Å². The SMILES string of the molecule is COC(=O)c1cc2cc(F)c(C34CC(C3)C4)cc2nc1OC. The molecule has 0 saturated heterocycles. The molecule has 0 atom stereocenters. The van der Waals surface area contributed by atoms with E-state index in [0.29, 0.717) is 10.9 Å². The fourth-order valence-corrected chi connectivity index (χ4v) is 3.80. The van der Waals surface area contributed by atoms with Gasteiger partial charge >= 0.3 is 5.97 Å². The summed E-state index contributed by atoms with van der Waals surface area (Å²) < 4.78 is 24.4. The lowest BCUT2D eigenvalue weighted by Gasteiger charge is -2.62. The molecule has 1 aromatic carbocycles. The van der Waals surface area contributed by atoms with Crippen molar-refractivity contribution in [2.75, 3.05) is 14.2 Å². The molecule has 0 aliphatic heterocycles. The number of ether oxygens (including phenoxy) is 2. The minimum atomic E-state index is -0.546. The number of methoxy groups -OCH3 is 2. The molecule has 2 bridgehead atoms. The highest BCUT2D eigenvalue weighted by molar-refractivity contribution is 5.96. The summed E-state index contributed by atoms with van der Waals surface area (Å²) in [5.74, 6) is 0.220. The third-order valence-corrected chi connectivity index (χ3v) is 5.08. The van der Waals surface area contributed by atoms with Gasteiger partial charge in [0.1, 0.15) is 11.4 Å². The van der Waals surface area contributed by atoms with Crippen LogP contribution < -0.4 is 4.74 Å². The van der Waals surface area contributed by atoms with Crippen LogP contribution >= 0.6 is 0 Å². The number of carbonyl (C=O) groups excluding carboxylic acids is 1. The molecule has 114 valence electrons. The summed E-state index contributed by atoms with van der Waals surface area (Å²) in [7, 11) is 2.74. The first kappa shape index (κ1) is 13.5. The van der Waals surface area contributed by atoms with Crippen LogP contribution in [0.2, 0.25) is 0 Å². The highest BCUT2D eigenvalue weighted by Crippen LogP contribution is 2.65. The Labute approximate surface area is 127 Å². The van der Waals surface area contributed by atoms with Gasteiger partial charge in [-0.3, -0.25) is 0 Å². The average molecular weight is 301 g/mol. The van der Waals surface area contributed by atoms with E-state index in [0.717, 1.165) is 30.7 Å². The van der Waals surface area contributed by atoms with Crippen molar-refractivity contribution in [3.05, 3.63) is 35.1 Å². The second kappa shape index (κ2) is 4.41. The molecular formula is C17H16FNO3. The Morgan fingerprint density at radius 1 is 1.27 bits per heavy atom. The van der Waals surface area contributed by atoms with E-state index >= 15 is 0 Å². The molecule has 5 rings (SSSR count). The van der Waals surface area contributed by atoms with Crippen LogP contribution in [-0.2, 0) is 10.2 Å². The summed E-state index contributed by atoms with van der Waals surface area (Å²) in [6.07, 6.45) is 3.23. The maximum Gasteiger partial charge on any atom is 0.343 e. The first-order valence-corrected chi connectivity index (χ1v) is 7.33. The van der Waals surface area contributed by atoms with E-state index in [9.17, 15) is 9.18 Å². The van der Waals surface area contributed by atoms with Gasteiger partial charge < -0.3 is 9.47 Å². The van der Waals surface area contributed by atoms with Gasteiger partial charge in [0.25, 0.3) is 0 Å². The molecule has 0 radical (unpaired) electrons. The second-order valence-electron chi connectivity index (χ2n) is 6.32. The van der Waals surface area contributed by atoms with E-state index in [-0.39, 0.29) is 22.7 Å². The Bertz CT molecular complexity index is 785. The summed E-state index contributed by atoms with van der Waals surface area (Å²) >= 11 is 0. The molecule has 5 heteroatoms. The fraction of sp³-hybridized carbons (Fsp3) is 0.412. The lowest BCUT2D eigenvalue weighted by Crippen LogP contribution is -2.55. The zero-order valence-electron chi connectivity index (χ0n) is 12.5. The molecule has 3 fully saturated rings. The van der Waals surface area contributed by atoms with Crippen LogP contribution in [-0.4, -0.2) is 25.2 Å². The van der Waals surface area contributed by atoms with Crippen molar-refractivity contribution in [1.29, 1.82) is 0 Å². The monoisotopic (exact) mass is 301 g/mol. The molecule has 2 aromatic rings. The molecule has 0 spiro atoms. The van der Waals surface area contributed by atoms with Crippen LogP contribution in [0.15, 0.2) is 18.2 Å². The van der Waals surface area contributed by atoms with Crippen LogP contribution in [0, 0.1) is 11.7 Å². The predicted molar refractivity (Wildman–Crippen MR) is 78.6 cm³/mol. The number of hydrogen-bond donors (Lipinski definition) is 0. The van der Waals surface area contributed by atoms with Crippen molar-refractivity contribution in [3.63, 3.8) is 0 Å². The third-order valence-electron chi connectivity index (χ3n) is 5.08. The molecule has 0 unspecified atom stereocenters. The Balaban J connectivity index is 1.88. The van der Waals surface area contributed by atoms with Gasteiger partial charge in [0.15, 0.2) is 0 Å². The van der Waals surface area contributed by atoms with Gasteiger partial charge in [-0.25, -0.2) is 14.2 Å². The highest BCUT2D eigenvalue weighted by Gasteiger charge is 2.58. The van der Waals surface area contributed by atoms with Gasteiger partial charge in [-0.1, -0.05) is 0 Å². The van der Waals surface area contributed by atoms with Gasteiger partial charge in [0.2, 0.25) is 5.88 Å². The Morgan fingerprint density at radius 3 is 2.55 bits per heavy atom. The van der Waals surface area contributed by atoms with Crippen molar-refractivity contribution in [2.45, 2.75) is 24.7 Å². The molecule has 4 nitrogen and oxygen atoms in total. The van der Waals surface area contributed by atoms with E-state index in [1.165, 1.54) is 20.3 Å². The maximum absolute atomic E-state index is 14.5. The van der Waals surface area contributed by atoms with E-state index in [4.69, 9.17) is 9.47 Å². The Morgan fingerprint density at radius 2 is 2.00 bits per heavy atom. The molecule has 3 saturated carbocycles. The molecule has 3 aliphatic carbocycles. The number of halogens is 1. The number of aromatic nitrogens is 1. The van der Waals surface area contributed by atoms with Crippen molar-refractivity contribution in [1.82, 2.24) is 4.98 Å². The lowest BCUT2D eigenvalue weighted by molar-refractivity contribution is -0.0299. The Kier molecular flexibility index (Phi) is 2.71. The largest absolute Gasteiger partial charge is 0.480 e. The summed E-state index contributed by atoms with van der Waals surface area (Å²) in [6, 6.07) is 4.84. The predicted octanol–water partition coefficient (Wildman–Crippen LogP) is 3.22. The summed E-state index contributed by atoms with van der Waals surface area (Å²) in [6.45, 7) is 0. The number of carbonyl (C=O) groups is 1. The van der Waals surface area contributed by atoms with Crippen LogP contribution in [0.4, 0.5) is 4.39 Å². The molecule has 1 aromatic heterocycles. The van der Waals surface area contributed by atoms with Crippen molar-refractivity contribution >= 4 is 16.9 Å². The molecule has 0 N–H and O–H groups in total. The van der Waals surface area contributed by atoms with Gasteiger partial charge in [0.05, 0.1) is 19.7 Å². The molecular weight excluding hydrogens is 285 g/mol. The number of rotatable bonds is 3. The standard InChI is InChI=1S/C17H16FNO3/c1-21-15-11(16(20)22-2)3-10-4-13(18)12(5-14(10)19-15)17-6-9(7-17)8-17/h3-5,9H,6-8H2,1-2H3. The van der Waals surface area contributed by atoms with Gasteiger partial charge in [-0.2, -0.15) is 0 Å². The maximum atomic E-state index is 14.5. The number of hydrogen-bond acceptors (Lipinski definition) is 4. The molecule has 22 heavy (non-hydrogen) atoms. The average Bonchev–Trinajstić information content (AvgIpc) is 2.42.